The highest BCUT2D eigenvalue weighted by atomic mass is 16.4. The van der Waals surface area contributed by atoms with E-state index in [0.29, 0.717) is 23.8 Å². The van der Waals surface area contributed by atoms with Crippen molar-refractivity contribution in [1.82, 2.24) is 9.97 Å². The monoisotopic (exact) mass is 334 g/mol. The highest BCUT2D eigenvalue weighted by Gasteiger charge is 2.23. The van der Waals surface area contributed by atoms with Crippen LogP contribution in [0.4, 0.5) is 5.82 Å². The van der Waals surface area contributed by atoms with Gasteiger partial charge in [-0.1, -0.05) is 30.3 Å². The standard InChI is InChI=1S/C19H18N4O2/c20-9-5-10-21-18-16-15(13-6-2-1-3-7-13)17(14-8-4-11-24-14)25-19(16)23-12-22-18/h1-4,6-8,11-12H,5,9-10,20H2,(H,21,22,23). The highest BCUT2D eigenvalue weighted by Crippen LogP contribution is 2.42. The van der Waals surface area contributed by atoms with Gasteiger partial charge in [0.15, 0.2) is 11.5 Å². The van der Waals surface area contributed by atoms with Gasteiger partial charge < -0.3 is 19.9 Å². The van der Waals surface area contributed by atoms with E-state index in [4.69, 9.17) is 14.6 Å². The van der Waals surface area contributed by atoms with Gasteiger partial charge in [-0.25, -0.2) is 9.97 Å². The van der Waals surface area contributed by atoms with Crippen LogP contribution < -0.4 is 11.1 Å². The molecule has 6 nitrogen and oxygen atoms in total. The Morgan fingerprint density at radius 1 is 1.04 bits per heavy atom. The lowest BCUT2D eigenvalue weighted by molar-refractivity contribution is 0.539. The Bertz CT molecular complexity index is 962. The quantitative estimate of drug-likeness (QED) is 0.520. The molecule has 0 saturated heterocycles. The Labute approximate surface area is 144 Å². The molecule has 3 heterocycles. The number of nitrogens with zero attached hydrogens (tertiary/aromatic N) is 2. The first-order chi connectivity index (χ1) is 12.4. The van der Waals surface area contributed by atoms with Crippen LogP contribution in [0.1, 0.15) is 6.42 Å². The number of benzene rings is 1. The number of nitrogens with two attached hydrogens (primary N) is 1. The molecule has 0 radical (unpaired) electrons. The van der Waals surface area contributed by atoms with Crippen molar-refractivity contribution in [2.24, 2.45) is 5.73 Å². The normalized spacial score (nSPS) is 11.1. The number of fused-ring (bicyclic) bond motifs is 1. The lowest BCUT2D eigenvalue weighted by Gasteiger charge is -2.07. The van der Waals surface area contributed by atoms with E-state index in [1.165, 1.54) is 6.33 Å². The fourth-order valence-electron chi connectivity index (χ4n) is 2.84. The number of aromatic nitrogens is 2. The van der Waals surface area contributed by atoms with Crippen LogP contribution in [0.2, 0.25) is 0 Å². The summed E-state index contributed by atoms with van der Waals surface area (Å²) in [6, 6.07) is 13.7. The van der Waals surface area contributed by atoms with Crippen LogP contribution in [0.3, 0.4) is 0 Å². The molecule has 0 amide bonds. The summed E-state index contributed by atoms with van der Waals surface area (Å²) in [4.78, 5) is 8.71. The van der Waals surface area contributed by atoms with Crippen LogP contribution in [-0.2, 0) is 0 Å². The fourth-order valence-corrected chi connectivity index (χ4v) is 2.84. The minimum absolute atomic E-state index is 0.524. The first-order valence-electron chi connectivity index (χ1n) is 8.19. The molecule has 0 unspecified atom stereocenters. The maximum absolute atomic E-state index is 6.04. The number of rotatable bonds is 6. The topological polar surface area (TPSA) is 90.1 Å². The Balaban J connectivity index is 1.95. The van der Waals surface area contributed by atoms with Crippen LogP contribution in [0.5, 0.6) is 0 Å². The van der Waals surface area contributed by atoms with E-state index in [9.17, 15) is 0 Å². The summed E-state index contributed by atoms with van der Waals surface area (Å²) < 4.78 is 11.6. The third-order valence-electron chi connectivity index (χ3n) is 3.97. The molecule has 3 aromatic heterocycles. The van der Waals surface area contributed by atoms with Crippen LogP contribution >= 0.6 is 0 Å². The third kappa shape index (κ3) is 2.88. The van der Waals surface area contributed by atoms with E-state index in [1.807, 2.05) is 42.5 Å². The van der Waals surface area contributed by atoms with Gasteiger partial charge >= 0.3 is 0 Å². The lowest BCUT2D eigenvalue weighted by atomic mass is 10.0. The van der Waals surface area contributed by atoms with E-state index in [1.54, 1.807) is 6.26 Å². The summed E-state index contributed by atoms with van der Waals surface area (Å²) in [5.74, 6) is 2.04. The van der Waals surface area contributed by atoms with E-state index in [-0.39, 0.29) is 0 Å². The summed E-state index contributed by atoms with van der Waals surface area (Å²) in [6.45, 7) is 1.36. The Morgan fingerprint density at radius 2 is 1.92 bits per heavy atom. The second-order valence-electron chi connectivity index (χ2n) is 5.62. The molecule has 6 heteroatoms. The molecule has 1 aromatic carbocycles. The first-order valence-corrected chi connectivity index (χ1v) is 8.19. The highest BCUT2D eigenvalue weighted by molar-refractivity contribution is 6.05. The minimum atomic E-state index is 0.524. The van der Waals surface area contributed by atoms with Gasteiger partial charge in [0.25, 0.3) is 0 Å². The molecule has 0 aliphatic rings. The molecule has 126 valence electrons. The molecule has 0 atom stereocenters. The van der Waals surface area contributed by atoms with Crippen molar-refractivity contribution in [2.75, 3.05) is 18.4 Å². The van der Waals surface area contributed by atoms with Crippen molar-refractivity contribution in [3.8, 4) is 22.6 Å². The smallest absolute Gasteiger partial charge is 0.232 e. The van der Waals surface area contributed by atoms with Gasteiger partial charge in [0.1, 0.15) is 12.1 Å². The predicted molar refractivity (Wildman–Crippen MR) is 97.1 cm³/mol. The molecule has 0 saturated carbocycles. The predicted octanol–water partition coefficient (Wildman–Crippen LogP) is 3.91. The molecule has 0 aliphatic carbocycles. The number of nitrogens with one attached hydrogen (secondary N) is 1. The van der Waals surface area contributed by atoms with Crippen molar-refractivity contribution in [2.45, 2.75) is 6.42 Å². The van der Waals surface area contributed by atoms with Crippen molar-refractivity contribution in [1.29, 1.82) is 0 Å². The average molecular weight is 334 g/mol. The average Bonchev–Trinajstić information content (AvgIpc) is 3.30. The number of anilines is 1. The van der Waals surface area contributed by atoms with Crippen LogP contribution in [0.25, 0.3) is 33.7 Å². The zero-order chi connectivity index (χ0) is 17.1. The van der Waals surface area contributed by atoms with Crippen molar-refractivity contribution in [3.05, 3.63) is 55.1 Å². The zero-order valence-electron chi connectivity index (χ0n) is 13.6. The van der Waals surface area contributed by atoms with Gasteiger partial charge in [0.05, 0.1) is 11.6 Å². The Morgan fingerprint density at radius 3 is 2.68 bits per heavy atom. The SMILES string of the molecule is NCCCNc1ncnc2oc(-c3ccco3)c(-c3ccccc3)c12. The van der Waals surface area contributed by atoms with Crippen molar-refractivity contribution < 1.29 is 8.83 Å². The molecule has 0 fully saturated rings. The maximum atomic E-state index is 6.04. The second-order valence-corrected chi connectivity index (χ2v) is 5.62. The Kier molecular flexibility index (Phi) is 4.18. The number of hydrogen-bond acceptors (Lipinski definition) is 6. The summed E-state index contributed by atoms with van der Waals surface area (Å²) in [5.41, 5.74) is 8.05. The molecule has 0 bridgehead atoms. The molecule has 3 N–H and O–H groups in total. The molecule has 4 aromatic rings. The molecular formula is C19H18N4O2. The maximum Gasteiger partial charge on any atom is 0.232 e. The lowest BCUT2D eigenvalue weighted by Crippen LogP contribution is -2.09. The van der Waals surface area contributed by atoms with Gasteiger partial charge in [0, 0.05) is 12.1 Å². The summed E-state index contributed by atoms with van der Waals surface area (Å²) in [5, 5.41) is 4.18. The van der Waals surface area contributed by atoms with E-state index in [0.717, 1.165) is 35.3 Å². The summed E-state index contributed by atoms with van der Waals surface area (Å²) >= 11 is 0. The van der Waals surface area contributed by atoms with Crippen molar-refractivity contribution in [3.63, 3.8) is 0 Å². The van der Waals surface area contributed by atoms with Crippen LogP contribution in [-0.4, -0.2) is 23.1 Å². The molecule has 25 heavy (non-hydrogen) atoms. The minimum Gasteiger partial charge on any atom is -0.461 e. The molecule has 4 rings (SSSR count). The Hall–Kier alpha value is -3.12. The van der Waals surface area contributed by atoms with Crippen molar-refractivity contribution >= 4 is 16.9 Å². The number of hydrogen-bond donors (Lipinski definition) is 2. The van der Waals surface area contributed by atoms with Crippen LogP contribution in [0, 0.1) is 0 Å². The van der Waals surface area contributed by atoms with Gasteiger partial charge in [0.2, 0.25) is 5.71 Å². The van der Waals surface area contributed by atoms with Gasteiger partial charge in [-0.05, 0) is 30.7 Å². The van der Waals surface area contributed by atoms with E-state index in [2.05, 4.69) is 15.3 Å². The van der Waals surface area contributed by atoms with Gasteiger partial charge in [-0.2, -0.15) is 0 Å². The second kappa shape index (κ2) is 6.78. The van der Waals surface area contributed by atoms with Crippen LogP contribution in [0.15, 0.2) is 63.9 Å². The third-order valence-corrected chi connectivity index (χ3v) is 3.97. The van der Waals surface area contributed by atoms with E-state index >= 15 is 0 Å². The largest absolute Gasteiger partial charge is 0.461 e. The van der Waals surface area contributed by atoms with E-state index < -0.39 is 0 Å². The first kappa shape index (κ1) is 15.4. The van der Waals surface area contributed by atoms with Gasteiger partial charge in [-0.3, -0.25) is 0 Å². The fraction of sp³-hybridized carbons (Fsp3) is 0.158. The molecule has 0 spiro atoms. The number of furan rings is 2. The van der Waals surface area contributed by atoms with Gasteiger partial charge in [-0.15, -0.1) is 0 Å². The summed E-state index contributed by atoms with van der Waals surface area (Å²) in [7, 11) is 0. The molecule has 0 aliphatic heterocycles. The molecular weight excluding hydrogens is 316 g/mol. The summed E-state index contributed by atoms with van der Waals surface area (Å²) in [6.07, 6.45) is 3.98. The zero-order valence-corrected chi connectivity index (χ0v) is 13.6.